The maximum Gasteiger partial charge on any atom is 0.324 e. The number of hydrogen-bond acceptors (Lipinski definition) is 5. The van der Waals surface area contributed by atoms with Gasteiger partial charge in [0.15, 0.2) is 5.92 Å². The zero-order valence-corrected chi connectivity index (χ0v) is 9.88. The van der Waals surface area contributed by atoms with Crippen LogP contribution in [0.5, 0.6) is 0 Å². The molecule has 96 valence electrons. The van der Waals surface area contributed by atoms with E-state index in [1.165, 1.54) is 12.1 Å². The van der Waals surface area contributed by atoms with Crippen molar-refractivity contribution in [3.05, 3.63) is 38.9 Å². The maximum atomic E-state index is 11.4. The number of nitro benzene ring substituents is 1. The Morgan fingerprint density at radius 3 is 2.56 bits per heavy atom. The molecule has 0 saturated carbocycles. The van der Waals surface area contributed by atoms with Crippen LogP contribution in [0.15, 0.2) is 18.2 Å². The third-order valence-electron chi connectivity index (χ3n) is 2.20. The van der Waals surface area contributed by atoms with Gasteiger partial charge in [0.05, 0.1) is 22.6 Å². The van der Waals surface area contributed by atoms with Crippen molar-refractivity contribution in [1.29, 1.82) is 0 Å². The lowest BCUT2D eigenvalue weighted by atomic mass is 9.97. The van der Waals surface area contributed by atoms with Gasteiger partial charge in [0.25, 0.3) is 5.69 Å². The molecule has 0 bridgehead atoms. The van der Waals surface area contributed by atoms with E-state index in [9.17, 15) is 19.7 Å². The fourth-order valence-corrected chi connectivity index (χ4v) is 1.71. The molecule has 0 spiro atoms. The topological polar surface area (TPSA) is 107 Å². The maximum absolute atomic E-state index is 11.4. The Bertz CT molecular complexity index is 515. The van der Waals surface area contributed by atoms with Gasteiger partial charge in [0.1, 0.15) is 0 Å². The number of rotatable bonds is 4. The molecule has 1 unspecified atom stereocenters. The van der Waals surface area contributed by atoms with E-state index in [1.54, 1.807) is 0 Å². The predicted molar refractivity (Wildman–Crippen MR) is 60.5 cm³/mol. The van der Waals surface area contributed by atoms with Crippen molar-refractivity contribution in [1.82, 2.24) is 0 Å². The van der Waals surface area contributed by atoms with Crippen molar-refractivity contribution in [2.45, 2.75) is 5.92 Å². The van der Waals surface area contributed by atoms with Gasteiger partial charge in [-0.2, -0.15) is 0 Å². The van der Waals surface area contributed by atoms with Crippen LogP contribution in [0.25, 0.3) is 0 Å². The Hall–Kier alpha value is -2.15. The highest BCUT2D eigenvalue weighted by atomic mass is 35.5. The van der Waals surface area contributed by atoms with E-state index >= 15 is 0 Å². The second kappa shape index (κ2) is 5.46. The molecule has 0 aliphatic heterocycles. The molecule has 0 aliphatic rings. The van der Waals surface area contributed by atoms with Crippen LogP contribution >= 0.6 is 11.6 Å². The Balaban J connectivity index is 3.49. The Morgan fingerprint density at radius 1 is 1.50 bits per heavy atom. The predicted octanol–water partition coefficient (Wildman–Crippen LogP) is 1.59. The second-order valence-corrected chi connectivity index (χ2v) is 3.63. The number of carbonyl (C=O) groups is 2. The number of carboxylic acids is 1. The molecule has 1 aromatic carbocycles. The Kier molecular flexibility index (Phi) is 4.22. The van der Waals surface area contributed by atoms with Gasteiger partial charge in [-0.3, -0.25) is 19.7 Å². The van der Waals surface area contributed by atoms with Crippen LogP contribution < -0.4 is 0 Å². The zero-order valence-electron chi connectivity index (χ0n) is 9.12. The van der Waals surface area contributed by atoms with Crippen molar-refractivity contribution in [3.63, 3.8) is 0 Å². The highest BCUT2D eigenvalue weighted by Crippen LogP contribution is 2.34. The minimum Gasteiger partial charge on any atom is -0.480 e. The molecule has 8 heteroatoms. The number of aliphatic carboxylic acids is 1. The minimum atomic E-state index is -1.83. The fourth-order valence-electron chi connectivity index (χ4n) is 1.43. The lowest BCUT2D eigenvalue weighted by Gasteiger charge is -2.12. The monoisotopic (exact) mass is 273 g/mol. The number of hydrogen-bond donors (Lipinski definition) is 1. The van der Waals surface area contributed by atoms with Gasteiger partial charge in [-0.25, -0.2) is 0 Å². The van der Waals surface area contributed by atoms with Crippen LogP contribution in [0.3, 0.4) is 0 Å². The first kappa shape index (κ1) is 13.9. The highest BCUT2D eigenvalue weighted by Gasteiger charge is 2.37. The van der Waals surface area contributed by atoms with Gasteiger partial charge in [-0.1, -0.05) is 17.7 Å². The average molecular weight is 274 g/mol. The van der Waals surface area contributed by atoms with E-state index in [-0.39, 0.29) is 10.6 Å². The van der Waals surface area contributed by atoms with Gasteiger partial charge >= 0.3 is 11.9 Å². The molecular formula is C10H8ClNO6. The van der Waals surface area contributed by atoms with E-state index in [2.05, 4.69) is 4.74 Å². The molecule has 1 rings (SSSR count). The third-order valence-corrected chi connectivity index (χ3v) is 2.53. The number of ether oxygens (including phenoxy) is 1. The summed E-state index contributed by atoms with van der Waals surface area (Å²) in [5.41, 5.74) is -0.927. The smallest absolute Gasteiger partial charge is 0.324 e. The summed E-state index contributed by atoms with van der Waals surface area (Å²) in [6, 6.07) is 3.63. The van der Waals surface area contributed by atoms with Crippen molar-refractivity contribution >= 4 is 29.2 Å². The van der Waals surface area contributed by atoms with Gasteiger partial charge in [0, 0.05) is 6.07 Å². The van der Waals surface area contributed by atoms with Crippen molar-refractivity contribution in [3.8, 4) is 0 Å². The lowest BCUT2D eigenvalue weighted by molar-refractivity contribution is -0.385. The molecule has 7 nitrogen and oxygen atoms in total. The van der Waals surface area contributed by atoms with Gasteiger partial charge in [-0.15, -0.1) is 0 Å². The van der Waals surface area contributed by atoms with Crippen LogP contribution in [0.4, 0.5) is 5.69 Å². The first-order valence-electron chi connectivity index (χ1n) is 4.63. The van der Waals surface area contributed by atoms with E-state index in [1.807, 2.05) is 0 Å². The summed E-state index contributed by atoms with van der Waals surface area (Å²) in [6.45, 7) is 0. The standard InChI is InChI=1S/C10H8ClNO6/c1-18-10(15)8(9(13)14)7-5(11)3-2-4-6(7)12(16)17/h2-4,8H,1H3,(H,13,14). The molecule has 0 amide bonds. The molecule has 1 N–H and O–H groups in total. The van der Waals surface area contributed by atoms with Crippen molar-refractivity contribution in [2.24, 2.45) is 0 Å². The van der Waals surface area contributed by atoms with E-state index < -0.39 is 28.5 Å². The zero-order chi connectivity index (χ0) is 13.9. The molecule has 1 aromatic rings. The quantitative estimate of drug-likeness (QED) is 0.386. The molecule has 0 aliphatic carbocycles. The molecule has 0 saturated heterocycles. The summed E-state index contributed by atoms with van der Waals surface area (Å²) >= 11 is 5.74. The lowest BCUT2D eigenvalue weighted by Crippen LogP contribution is -2.24. The van der Waals surface area contributed by atoms with Gasteiger partial charge in [0.2, 0.25) is 0 Å². The first-order valence-corrected chi connectivity index (χ1v) is 5.01. The number of carbonyl (C=O) groups excluding carboxylic acids is 1. The number of benzene rings is 1. The Morgan fingerprint density at radius 2 is 2.11 bits per heavy atom. The second-order valence-electron chi connectivity index (χ2n) is 3.22. The summed E-state index contributed by atoms with van der Waals surface area (Å²) in [4.78, 5) is 32.5. The van der Waals surface area contributed by atoms with Crippen LogP contribution in [0.1, 0.15) is 11.5 Å². The van der Waals surface area contributed by atoms with Gasteiger partial charge in [-0.05, 0) is 6.07 Å². The number of carboxylic acid groups (broad SMARTS) is 1. The fraction of sp³-hybridized carbons (Fsp3) is 0.200. The number of nitrogens with zero attached hydrogens (tertiary/aromatic N) is 1. The summed E-state index contributed by atoms with van der Waals surface area (Å²) in [5, 5.41) is 19.6. The van der Waals surface area contributed by atoms with E-state index in [4.69, 9.17) is 16.7 Å². The van der Waals surface area contributed by atoms with E-state index in [0.717, 1.165) is 13.2 Å². The number of nitro groups is 1. The molecule has 0 fully saturated rings. The number of halogens is 1. The summed E-state index contributed by atoms with van der Waals surface area (Å²) < 4.78 is 4.32. The molecule has 0 heterocycles. The van der Waals surface area contributed by atoms with Crippen molar-refractivity contribution < 1.29 is 24.4 Å². The highest BCUT2D eigenvalue weighted by molar-refractivity contribution is 6.32. The Labute approximate surface area is 106 Å². The van der Waals surface area contributed by atoms with Crippen LogP contribution in [-0.4, -0.2) is 29.1 Å². The van der Waals surface area contributed by atoms with Crippen molar-refractivity contribution in [2.75, 3.05) is 7.11 Å². The first-order chi connectivity index (χ1) is 8.40. The average Bonchev–Trinajstić information content (AvgIpc) is 2.30. The minimum absolute atomic E-state index is 0.179. The van der Waals surface area contributed by atoms with Crippen LogP contribution in [-0.2, 0) is 14.3 Å². The number of methoxy groups -OCH3 is 1. The molecule has 0 radical (unpaired) electrons. The van der Waals surface area contributed by atoms with E-state index in [0.29, 0.717) is 0 Å². The van der Waals surface area contributed by atoms with Crippen LogP contribution in [0, 0.1) is 10.1 Å². The van der Waals surface area contributed by atoms with Crippen LogP contribution in [0.2, 0.25) is 5.02 Å². The molecule has 0 aromatic heterocycles. The summed E-state index contributed by atoms with van der Waals surface area (Å²) in [7, 11) is 0.987. The largest absolute Gasteiger partial charge is 0.480 e. The summed E-state index contributed by atoms with van der Waals surface area (Å²) in [6.07, 6.45) is 0. The molecule has 18 heavy (non-hydrogen) atoms. The molecular weight excluding hydrogens is 266 g/mol. The SMILES string of the molecule is COC(=O)C(C(=O)O)c1c(Cl)cccc1[N+](=O)[O-]. The summed E-state index contributed by atoms with van der Waals surface area (Å²) in [5.74, 6) is -4.53. The molecule has 1 atom stereocenters. The third kappa shape index (κ3) is 2.57. The normalized spacial score (nSPS) is 11.7. The number of esters is 1. The van der Waals surface area contributed by atoms with Gasteiger partial charge < -0.3 is 9.84 Å².